The van der Waals surface area contributed by atoms with E-state index in [-0.39, 0.29) is 0 Å². The fraction of sp³-hybridized carbons (Fsp3) is 0.100. The Kier molecular flexibility index (Phi) is 1.98. The van der Waals surface area contributed by atoms with Gasteiger partial charge in [0.25, 0.3) is 0 Å². The van der Waals surface area contributed by atoms with Crippen LogP contribution in [-0.4, -0.2) is 16.1 Å². The highest BCUT2D eigenvalue weighted by atomic mass is 16.4. The minimum atomic E-state index is -0.920. The molecular formula is C10H10N2O2. The van der Waals surface area contributed by atoms with Crippen LogP contribution in [0.1, 0.15) is 15.9 Å². The first kappa shape index (κ1) is 8.77. The monoisotopic (exact) mass is 190 g/mol. The summed E-state index contributed by atoms with van der Waals surface area (Å²) < 4.78 is 0. The van der Waals surface area contributed by atoms with Gasteiger partial charge in [-0.1, -0.05) is 12.1 Å². The van der Waals surface area contributed by atoms with Crippen molar-refractivity contribution in [3.05, 3.63) is 35.5 Å². The van der Waals surface area contributed by atoms with Gasteiger partial charge in [-0.2, -0.15) is 0 Å². The summed E-state index contributed by atoms with van der Waals surface area (Å²) in [6.07, 6.45) is 1.49. The molecule has 0 aliphatic carbocycles. The lowest BCUT2D eigenvalue weighted by atomic mass is 10.1. The van der Waals surface area contributed by atoms with Gasteiger partial charge >= 0.3 is 5.97 Å². The lowest BCUT2D eigenvalue weighted by Crippen LogP contribution is -1.96. The van der Waals surface area contributed by atoms with Crippen molar-refractivity contribution >= 4 is 16.9 Å². The Labute approximate surface area is 80.3 Å². The molecule has 4 heteroatoms. The van der Waals surface area contributed by atoms with Gasteiger partial charge in [-0.05, 0) is 11.6 Å². The fourth-order valence-corrected chi connectivity index (χ4v) is 1.48. The summed E-state index contributed by atoms with van der Waals surface area (Å²) >= 11 is 0. The number of aromatic carboxylic acids is 1. The number of aromatic nitrogens is 1. The number of nitrogens with one attached hydrogen (secondary N) is 1. The van der Waals surface area contributed by atoms with Gasteiger partial charge in [-0.3, -0.25) is 0 Å². The molecule has 72 valence electrons. The molecular weight excluding hydrogens is 180 g/mol. The van der Waals surface area contributed by atoms with E-state index in [1.807, 2.05) is 12.1 Å². The minimum Gasteiger partial charge on any atom is -0.478 e. The number of benzene rings is 1. The molecule has 14 heavy (non-hydrogen) atoms. The molecule has 0 aliphatic rings. The van der Waals surface area contributed by atoms with Gasteiger partial charge in [-0.15, -0.1) is 0 Å². The molecule has 1 heterocycles. The molecule has 2 aromatic rings. The average Bonchev–Trinajstić information content (AvgIpc) is 2.59. The standard InChI is InChI=1S/C10H10N2O2/c11-4-6-1-2-7-8(10(13)14)5-12-9(7)3-6/h1-3,5,12H,4,11H2,(H,13,14). The summed E-state index contributed by atoms with van der Waals surface area (Å²) in [6, 6.07) is 5.47. The van der Waals surface area contributed by atoms with E-state index in [9.17, 15) is 4.79 Å². The van der Waals surface area contributed by atoms with E-state index in [1.165, 1.54) is 6.20 Å². The lowest BCUT2D eigenvalue weighted by molar-refractivity contribution is 0.0699. The fourth-order valence-electron chi connectivity index (χ4n) is 1.48. The zero-order valence-electron chi connectivity index (χ0n) is 7.45. The van der Waals surface area contributed by atoms with Crippen molar-refractivity contribution in [3.63, 3.8) is 0 Å². The third kappa shape index (κ3) is 1.25. The van der Waals surface area contributed by atoms with Gasteiger partial charge in [0.15, 0.2) is 0 Å². The van der Waals surface area contributed by atoms with Crippen LogP contribution in [0.25, 0.3) is 10.9 Å². The van der Waals surface area contributed by atoms with Gasteiger partial charge in [0.1, 0.15) is 0 Å². The van der Waals surface area contributed by atoms with Crippen molar-refractivity contribution in [1.82, 2.24) is 4.98 Å². The van der Waals surface area contributed by atoms with Crippen molar-refractivity contribution in [1.29, 1.82) is 0 Å². The third-order valence-corrected chi connectivity index (χ3v) is 2.21. The maximum atomic E-state index is 10.8. The van der Waals surface area contributed by atoms with Gasteiger partial charge in [0, 0.05) is 23.6 Å². The minimum absolute atomic E-state index is 0.295. The van der Waals surface area contributed by atoms with Crippen molar-refractivity contribution in [2.24, 2.45) is 5.73 Å². The topological polar surface area (TPSA) is 79.1 Å². The molecule has 0 saturated heterocycles. The van der Waals surface area contributed by atoms with E-state index >= 15 is 0 Å². The molecule has 4 nitrogen and oxygen atoms in total. The molecule has 0 spiro atoms. The maximum Gasteiger partial charge on any atom is 0.337 e. The first-order chi connectivity index (χ1) is 6.72. The second-order valence-corrected chi connectivity index (χ2v) is 3.09. The van der Waals surface area contributed by atoms with Crippen LogP contribution in [0.15, 0.2) is 24.4 Å². The van der Waals surface area contributed by atoms with Crippen LogP contribution in [0.3, 0.4) is 0 Å². The number of fused-ring (bicyclic) bond motifs is 1. The quantitative estimate of drug-likeness (QED) is 0.668. The number of H-pyrrole nitrogens is 1. The highest BCUT2D eigenvalue weighted by molar-refractivity contribution is 6.03. The van der Waals surface area contributed by atoms with E-state index in [2.05, 4.69) is 4.98 Å². The highest BCUT2D eigenvalue weighted by Gasteiger charge is 2.09. The first-order valence-electron chi connectivity index (χ1n) is 4.25. The number of hydrogen-bond acceptors (Lipinski definition) is 2. The molecule has 4 N–H and O–H groups in total. The summed E-state index contributed by atoms with van der Waals surface area (Å²) in [5.41, 5.74) is 7.57. The number of carboxylic acid groups (broad SMARTS) is 1. The van der Waals surface area contributed by atoms with Crippen LogP contribution in [0, 0.1) is 0 Å². The number of carbonyl (C=O) groups is 1. The molecule has 0 amide bonds. The van der Waals surface area contributed by atoms with E-state index in [1.54, 1.807) is 6.07 Å². The normalized spacial score (nSPS) is 10.6. The third-order valence-electron chi connectivity index (χ3n) is 2.21. The Balaban J connectivity index is 2.65. The van der Waals surface area contributed by atoms with Crippen LogP contribution in [-0.2, 0) is 6.54 Å². The maximum absolute atomic E-state index is 10.8. The summed E-state index contributed by atoms with van der Waals surface area (Å²) in [4.78, 5) is 13.7. The van der Waals surface area contributed by atoms with Crippen LogP contribution in [0.4, 0.5) is 0 Å². The first-order valence-corrected chi connectivity index (χ1v) is 4.25. The lowest BCUT2D eigenvalue weighted by Gasteiger charge is -1.96. The predicted molar refractivity (Wildman–Crippen MR) is 53.1 cm³/mol. The number of carboxylic acids is 1. The summed E-state index contributed by atoms with van der Waals surface area (Å²) in [5, 5.41) is 9.57. The number of aromatic amines is 1. The van der Waals surface area contributed by atoms with Crippen LogP contribution >= 0.6 is 0 Å². The Hall–Kier alpha value is -1.81. The molecule has 0 saturated carbocycles. The SMILES string of the molecule is NCc1ccc2c(C(=O)O)c[nH]c2c1. The van der Waals surface area contributed by atoms with Crippen molar-refractivity contribution < 1.29 is 9.90 Å². The van der Waals surface area contributed by atoms with Gasteiger partial charge in [-0.25, -0.2) is 4.79 Å². The van der Waals surface area contributed by atoms with Crippen molar-refractivity contribution in [3.8, 4) is 0 Å². The second-order valence-electron chi connectivity index (χ2n) is 3.09. The molecule has 0 atom stereocenters. The molecule has 2 rings (SSSR count). The molecule has 1 aromatic heterocycles. The molecule has 1 aromatic carbocycles. The van der Waals surface area contributed by atoms with E-state index < -0.39 is 5.97 Å². The van der Waals surface area contributed by atoms with Crippen LogP contribution < -0.4 is 5.73 Å². The Morgan fingerprint density at radius 1 is 1.50 bits per heavy atom. The highest BCUT2D eigenvalue weighted by Crippen LogP contribution is 2.19. The molecule has 0 fully saturated rings. The van der Waals surface area contributed by atoms with E-state index in [0.29, 0.717) is 12.1 Å². The second kappa shape index (κ2) is 3.16. The van der Waals surface area contributed by atoms with Crippen molar-refractivity contribution in [2.45, 2.75) is 6.54 Å². The van der Waals surface area contributed by atoms with E-state index in [0.717, 1.165) is 16.5 Å². The van der Waals surface area contributed by atoms with E-state index in [4.69, 9.17) is 10.8 Å². The largest absolute Gasteiger partial charge is 0.478 e. The number of rotatable bonds is 2. The molecule has 0 radical (unpaired) electrons. The van der Waals surface area contributed by atoms with Crippen LogP contribution in [0.2, 0.25) is 0 Å². The summed E-state index contributed by atoms with van der Waals surface area (Å²) in [7, 11) is 0. The van der Waals surface area contributed by atoms with Crippen molar-refractivity contribution in [2.75, 3.05) is 0 Å². The summed E-state index contributed by atoms with van der Waals surface area (Å²) in [5.74, 6) is -0.920. The Morgan fingerprint density at radius 2 is 2.29 bits per heavy atom. The smallest absolute Gasteiger partial charge is 0.337 e. The Bertz CT molecular complexity index is 488. The molecule has 0 aliphatic heterocycles. The van der Waals surface area contributed by atoms with Gasteiger partial charge in [0.2, 0.25) is 0 Å². The van der Waals surface area contributed by atoms with Gasteiger partial charge < -0.3 is 15.8 Å². The zero-order valence-corrected chi connectivity index (χ0v) is 7.45. The van der Waals surface area contributed by atoms with Crippen LogP contribution in [0.5, 0.6) is 0 Å². The number of nitrogens with two attached hydrogens (primary N) is 1. The zero-order chi connectivity index (χ0) is 10.1. The Morgan fingerprint density at radius 3 is 2.93 bits per heavy atom. The predicted octanol–water partition coefficient (Wildman–Crippen LogP) is 1.32. The van der Waals surface area contributed by atoms with Gasteiger partial charge in [0.05, 0.1) is 5.56 Å². The number of hydrogen-bond donors (Lipinski definition) is 3. The molecule has 0 bridgehead atoms. The average molecular weight is 190 g/mol. The molecule has 0 unspecified atom stereocenters. The summed E-state index contributed by atoms with van der Waals surface area (Å²) in [6.45, 7) is 0.456.